The number of carbonyl (C=O) groups excluding carboxylic acids is 2. The SMILES string of the molecule is COCCC(=O)NCc1nc(-c2ccc(NC(=O)CCc3ccc(OC)cc3)cc2)oc1C. The number of aromatic nitrogens is 1. The van der Waals surface area contributed by atoms with Crippen molar-refractivity contribution < 1.29 is 23.5 Å². The summed E-state index contributed by atoms with van der Waals surface area (Å²) in [6.07, 6.45) is 1.33. The number of rotatable bonds is 11. The van der Waals surface area contributed by atoms with Crippen LogP contribution in [0.25, 0.3) is 11.5 Å². The molecule has 8 nitrogen and oxygen atoms in total. The van der Waals surface area contributed by atoms with Crippen molar-refractivity contribution in [3.63, 3.8) is 0 Å². The minimum Gasteiger partial charge on any atom is -0.497 e. The predicted octanol–water partition coefficient (Wildman–Crippen LogP) is 3.88. The minimum atomic E-state index is -0.104. The molecule has 0 unspecified atom stereocenters. The Balaban J connectivity index is 1.52. The highest BCUT2D eigenvalue weighted by Gasteiger charge is 2.13. The first-order valence-electron chi connectivity index (χ1n) is 10.7. The Morgan fingerprint density at radius 2 is 1.70 bits per heavy atom. The van der Waals surface area contributed by atoms with Gasteiger partial charge in [0.05, 0.1) is 20.3 Å². The highest BCUT2D eigenvalue weighted by Crippen LogP contribution is 2.23. The fraction of sp³-hybridized carbons (Fsp3) is 0.320. The van der Waals surface area contributed by atoms with E-state index in [0.29, 0.717) is 55.4 Å². The number of aryl methyl sites for hydroxylation is 2. The van der Waals surface area contributed by atoms with Crippen LogP contribution in [-0.2, 0) is 27.3 Å². The summed E-state index contributed by atoms with van der Waals surface area (Å²) in [4.78, 5) is 28.5. The topological polar surface area (TPSA) is 103 Å². The molecule has 3 aromatic rings. The van der Waals surface area contributed by atoms with Gasteiger partial charge in [-0.2, -0.15) is 0 Å². The van der Waals surface area contributed by atoms with Gasteiger partial charge in [-0.1, -0.05) is 12.1 Å². The van der Waals surface area contributed by atoms with E-state index in [1.165, 1.54) is 0 Å². The average Bonchev–Trinajstić information content (AvgIpc) is 3.21. The van der Waals surface area contributed by atoms with Crippen molar-refractivity contribution in [2.24, 2.45) is 0 Å². The maximum Gasteiger partial charge on any atom is 0.226 e. The Labute approximate surface area is 193 Å². The zero-order chi connectivity index (χ0) is 23.6. The standard InChI is InChI=1S/C25H29N3O5/c1-17-22(16-26-23(29)14-15-31-2)28-25(33-17)19-7-9-20(10-8-19)27-24(30)13-6-18-4-11-21(32-3)12-5-18/h4-5,7-12H,6,13-16H2,1-3H3,(H,26,29)(H,27,30). The molecule has 0 spiro atoms. The number of carbonyl (C=O) groups is 2. The van der Waals surface area contributed by atoms with E-state index in [2.05, 4.69) is 15.6 Å². The summed E-state index contributed by atoms with van der Waals surface area (Å²) < 4.78 is 15.8. The molecule has 0 aliphatic rings. The van der Waals surface area contributed by atoms with Crippen molar-refractivity contribution >= 4 is 17.5 Å². The number of benzene rings is 2. The second kappa shape index (κ2) is 11.8. The lowest BCUT2D eigenvalue weighted by Gasteiger charge is -2.06. The maximum absolute atomic E-state index is 12.3. The second-order valence-electron chi connectivity index (χ2n) is 7.52. The van der Waals surface area contributed by atoms with Gasteiger partial charge in [0, 0.05) is 31.2 Å². The third-order valence-corrected chi connectivity index (χ3v) is 5.09. The van der Waals surface area contributed by atoms with E-state index in [1.54, 1.807) is 14.2 Å². The lowest BCUT2D eigenvalue weighted by atomic mass is 10.1. The molecular formula is C25H29N3O5. The summed E-state index contributed by atoms with van der Waals surface area (Å²) in [7, 11) is 3.18. The summed E-state index contributed by atoms with van der Waals surface area (Å²) in [5, 5.41) is 5.71. The molecule has 2 amide bonds. The van der Waals surface area contributed by atoms with Gasteiger partial charge in [-0.05, 0) is 55.3 Å². The van der Waals surface area contributed by atoms with Crippen molar-refractivity contribution in [3.8, 4) is 17.2 Å². The summed E-state index contributed by atoms with van der Waals surface area (Å²) in [5.74, 6) is 1.74. The molecule has 1 heterocycles. The molecule has 3 rings (SSSR count). The molecule has 0 aliphatic heterocycles. The summed E-state index contributed by atoms with van der Waals surface area (Å²) >= 11 is 0. The van der Waals surface area contributed by atoms with Crippen LogP contribution >= 0.6 is 0 Å². The number of nitrogens with one attached hydrogen (secondary N) is 2. The van der Waals surface area contributed by atoms with Gasteiger partial charge in [0.25, 0.3) is 0 Å². The van der Waals surface area contributed by atoms with Crippen LogP contribution in [0.1, 0.15) is 29.9 Å². The molecule has 0 atom stereocenters. The van der Waals surface area contributed by atoms with Crippen LogP contribution in [0.3, 0.4) is 0 Å². The van der Waals surface area contributed by atoms with Gasteiger partial charge < -0.3 is 24.5 Å². The van der Waals surface area contributed by atoms with E-state index in [0.717, 1.165) is 16.9 Å². The van der Waals surface area contributed by atoms with Gasteiger partial charge in [-0.25, -0.2) is 4.98 Å². The fourth-order valence-corrected chi connectivity index (χ4v) is 3.15. The van der Waals surface area contributed by atoms with Gasteiger partial charge in [0.1, 0.15) is 17.2 Å². The molecule has 0 saturated carbocycles. The maximum atomic E-state index is 12.3. The summed E-state index contributed by atoms with van der Waals surface area (Å²) in [5.41, 5.74) is 3.23. The molecule has 1 aromatic heterocycles. The molecule has 0 bridgehead atoms. The monoisotopic (exact) mass is 451 g/mol. The molecule has 174 valence electrons. The van der Waals surface area contributed by atoms with E-state index in [9.17, 15) is 9.59 Å². The molecule has 8 heteroatoms. The van der Waals surface area contributed by atoms with Crippen LogP contribution in [0.4, 0.5) is 5.69 Å². The summed E-state index contributed by atoms with van der Waals surface area (Å²) in [6.45, 7) is 2.48. The third kappa shape index (κ3) is 7.18. The Morgan fingerprint density at radius 3 is 2.36 bits per heavy atom. The lowest BCUT2D eigenvalue weighted by Crippen LogP contribution is -2.24. The second-order valence-corrected chi connectivity index (χ2v) is 7.52. The first kappa shape index (κ1) is 24.0. The number of oxazole rings is 1. The average molecular weight is 452 g/mol. The van der Waals surface area contributed by atoms with Crippen LogP contribution in [0.2, 0.25) is 0 Å². The predicted molar refractivity (Wildman–Crippen MR) is 125 cm³/mol. The molecule has 33 heavy (non-hydrogen) atoms. The quantitative estimate of drug-likeness (QED) is 0.459. The number of hydrogen-bond donors (Lipinski definition) is 2. The minimum absolute atomic E-state index is 0.0583. The molecule has 0 fully saturated rings. The van der Waals surface area contributed by atoms with Crippen LogP contribution in [0.5, 0.6) is 5.75 Å². The zero-order valence-electron chi connectivity index (χ0n) is 19.1. The number of hydrogen-bond acceptors (Lipinski definition) is 6. The van der Waals surface area contributed by atoms with Crippen molar-refractivity contribution in [1.82, 2.24) is 10.3 Å². The largest absolute Gasteiger partial charge is 0.497 e. The number of nitrogens with zero attached hydrogens (tertiary/aromatic N) is 1. The Kier molecular flexibility index (Phi) is 8.60. The number of ether oxygens (including phenoxy) is 2. The highest BCUT2D eigenvalue weighted by molar-refractivity contribution is 5.91. The molecule has 0 saturated heterocycles. The molecule has 0 radical (unpaired) electrons. The molecule has 0 aliphatic carbocycles. The molecular weight excluding hydrogens is 422 g/mol. The normalized spacial score (nSPS) is 10.6. The van der Waals surface area contributed by atoms with Crippen LogP contribution in [0, 0.1) is 6.92 Å². The van der Waals surface area contributed by atoms with Crippen molar-refractivity contribution in [2.45, 2.75) is 32.7 Å². The van der Waals surface area contributed by atoms with Gasteiger partial charge >= 0.3 is 0 Å². The van der Waals surface area contributed by atoms with Crippen LogP contribution in [-0.4, -0.2) is 37.6 Å². The van der Waals surface area contributed by atoms with E-state index in [4.69, 9.17) is 13.9 Å². The van der Waals surface area contributed by atoms with Crippen molar-refractivity contribution in [1.29, 1.82) is 0 Å². The number of methoxy groups -OCH3 is 2. The van der Waals surface area contributed by atoms with Crippen LogP contribution in [0.15, 0.2) is 52.9 Å². The number of amides is 2. The highest BCUT2D eigenvalue weighted by atomic mass is 16.5. The Morgan fingerprint density at radius 1 is 0.970 bits per heavy atom. The first-order valence-corrected chi connectivity index (χ1v) is 10.7. The van der Waals surface area contributed by atoms with Gasteiger partial charge in [-0.3, -0.25) is 9.59 Å². The summed E-state index contributed by atoms with van der Waals surface area (Å²) in [6, 6.07) is 15.0. The third-order valence-electron chi connectivity index (χ3n) is 5.09. The van der Waals surface area contributed by atoms with Crippen LogP contribution < -0.4 is 15.4 Å². The number of anilines is 1. The zero-order valence-corrected chi connectivity index (χ0v) is 19.1. The fourth-order valence-electron chi connectivity index (χ4n) is 3.15. The molecule has 2 aromatic carbocycles. The van der Waals surface area contributed by atoms with Crippen molar-refractivity contribution in [3.05, 3.63) is 65.5 Å². The van der Waals surface area contributed by atoms with E-state index < -0.39 is 0 Å². The van der Waals surface area contributed by atoms with E-state index >= 15 is 0 Å². The first-order chi connectivity index (χ1) is 16.0. The Bertz CT molecular complexity index is 1060. The lowest BCUT2D eigenvalue weighted by molar-refractivity contribution is -0.122. The smallest absolute Gasteiger partial charge is 0.226 e. The Hall–Kier alpha value is -3.65. The molecule has 2 N–H and O–H groups in total. The van der Waals surface area contributed by atoms with Crippen molar-refractivity contribution in [2.75, 3.05) is 26.1 Å². The van der Waals surface area contributed by atoms with Gasteiger partial charge in [0.2, 0.25) is 17.7 Å². The van der Waals surface area contributed by atoms with Gasteiger partial charge in [-0.15, -0.1) is 0 Å². The van der Waals surface area contributed by atoms with E-state index in [-0.39, 0.29) is 11.8 Å². The van der Waals surface area contributed by atoms with E-state index in [1.807, 2.05) is 55.5 Å². The van der Waals surface area contributed by atoms with Gasteiger partial charge in [0.15, 0.2) is 0 Å².